The number of nitrogens with two attached hydrogens (primary N) is 2. The van der Waals surface area contributed by atoms with Crippen molar-refractivity contribution in [1.29, 1.82) is 0 Å². The van der Waals surface area contributed by atoms with E-state index in [4.69, 9.17) is 16.2 Å². The molecular formula is C10H13N3O3. The molecule has 16 heavy (non-hydrogen) atoms. The lowest BCUT2D eigenvalue weighted by Crippen LogP contribution is -2.22. The summed E-state index contributed by atoms with van der Waals surface area (Å²) in [6, 6.07) is 1.46. The average molecular weight is 223 g/mol. The second-order valence-electron chi connectivity index (χ2n) is 3.16. The SMILES string of the molecule is COCCc1c(C(N)=O)ccnc1C(N)=O. The quantitative estimate of drug-likeness (QED) is 0.699. The minimum absolute atomic E-state index is 0.0633. The van der Waals surface area contributed by atoms with Crippen molar-refractivity contribution in [2.45, 2.75) is 6.42 Å². The maximum Gasteiger partial charge on any atom is 0.267 e. The number of hydrogen-bond donors (Lipinski definition) is 2. The van der Waals surface area contributed by atoms with E-state index < -0.39 is 11.8 Å². The number of rotatable bonds is 5. The summed E-state index contributed by atoms with van der Waals surface area (Å²) in [7, 11) is 1.52. The predicted molar refractivity (Wildman–Crippen MR) is 56.9 cm³/mol. The molecular weight excluding hydrogens is 210 g/mol. The zero-order valence-corrected chi connectivity index (χ0v) is 8.90. The van der Waals surface area contributed by atoms with Gasteiger partial charge in [-0.05, 0) is 18.1 Å². The smallest absolute Gasteiger partial charge is 0.267 e. The molecule has 1 aromatic heterocycles. The lowest BCUT2D eigenvalue weighted by atomic mass is 10.0. The molecule has 0 aliphatic heterocycles. The summed E-state index contributed by atoms with van der Waals surface area (Å²) in [5.74, 6) is -1.30. The molecule has 0 bridgehead atoms. The number of hydrogen-bond acceptors (Lipinski definition) is 4. The van der Waals surface area contributed by atoms with Crippen LogP contribution in [-0.4, -0.2) is 30.5 Å². The zero-order chi connectivity index (χ0) is 12.1. The molecule has 1 rings (SSSR count). The summed E-state index contributed by atoms with van der Waals surface area (Å²) >= 11 is 0. The van der Waals surface area contributed by atoms with E-state index >= 15 is 0 Å². The number of ether oxygens (including phenoxy) is 1. The highest BCUT2D eigenvalue weighted by atomic mass is 16.5. The number of aromatic nitrogens is 1. The van der Waals surface area contributed by atoms with E-state index in [0.717, 1.165) is 0 Å². The van der Waals surface area contributed by atoms with Crippen molar-refractivity contribution in [3.63, 3.8) is 0 Å². The Morgan fingerprint density at radius 3 is 2.56 bits per heavy atom. The molecule has 1 heterocycles. The van der Waals surface area contributed by atoms with Crippen molar-refractivity contribution >= 4 is 11.8 Å². The minimum atomic E-state index is -0.686. The Kier molecular flexibility index (Phi) is 3.96. The van der Waals surface area contributed by atoms with Gasteiger partial charge in [-0.2, -0.15) is 0 Å². The van der Waals surface area contributed by atoms with Gasteiger partial charge in [-0.15, -0.1) is 0 Å². The van der Waals surface area contributed by atoms with Crippen LogP contribution >= 0.6 is 0 Å². The largest absolute Gasteiger partial charge is 0.384 e. The molecule has 6 nitrogen and oxygen atoms in total. The van der Waals surface area contributed by atoms with E-state index in [1.807, 2.05) is 0 Å². The summed E-state index contributed by atoms with van der Waals surface area (Å²) in [5.41, 5.74) is 11.1. The molecule has 0 unspecified atom stereocenters. The highest BCUT2D eigenvalue weighted by molar-refractivity contribution is 5.99. The summed E-state index contributed by atoms with van der Waals surface area (Å²) < 4.78 is 4.88. The highest BCUT2D eigenvalue weighted by Gasteiger charge is 2.16. The van der Waals surface area contributed by atoms with Gasteiger partial charge in [-0.1, -0.05) is 0 Å². The first kappa shape index (κ1) is 12.1. The van der Waals surface area contributed by atoms with Gasteiger partial charge in [0.2, 0.25) is 5.91 Å². The Morgan fingerprint density at radius 2 is 2.06 bits per heavy atom. The average Bonchev–Trinajstić information content (AvgIpc) is 2.25. The van der Waals surface area contributed by atoms with Crippen molar-refractivity contribution in [1.82, 2.24) is 4.98 Å². The summed E-state index contributed by atoms with van der Waals surface area (Å²) in [5, 5.41) is 0. The van der Waals surface area contributed by atoms with Crippen molar-refractivity contribution in [3.8, 4) is 0 Å². The molecule has 86 valence electrons. The van der Waals surface area contributed by atoms with Gasteiger partial charge in [-0.25, -0.2) is 0 Å². The van der Waals surface area contributed by atoms with Gasteiger partial charge in [0.1, 0.15) is 5.69 Å². The standard InChI is InChI=1S/C10H13N3O3/c1-16-5-3-6-7(9(11)14)2-4-13-8(6)10(12)15/h2,4H,3,5H2,1H3,(H2,11,14)(H2,12,15). The summed E-state index contributed by atoms with van der Waals surface area (Å²) in [4.78, 5) is 26.1. The molecule has 0 fully saturated rings. The topological polar surface area (TPSA) is 108 Å². The fraction of sp³-hybridized carbons (Fsp3) is 0.300. The fourth-order valence-corrected chi connectivity index (χ4v) is 1.39. The molecule has 6 heteroatoms. The number of carbonyl (C=O) groups excluding carboxylic acids is 2. The molecule has 1 aromatic rings. The summed E-state index contributed by atoms with van der Waals surface area (Å²) in [6.45, 7) is 0.353. The van der Waals surface area contributed by atoms with Gasteiger partial charge in [0.25, 0.3) is 5.91 Å². The Hall–Kier alpha value is -1.95. The molecule has 0 atom stereocenters. The van der Waals surface area contributed by atoms with E-state index in [9.17, 15) is 9.59 Å². The van der Waals surface area contributed by atoms with Crippen LogP contribution in [0.25, 0.3) is 0 Å². The van der Waals surface area contributed by atoms with Crippen LogP contribution in [0.1, 0.15) is 26.4 Å². The van der Waals surface area contributed by atoms with E-state index in [0.29, 0.717) is 18.6 Å². The molecule has 0 aliphatic rings. The first-order chi connectivity index (χ1) is 7.57. The van der Waals surface area contributed by atoms with Crippen LogP contribution in [0, 0.1) is 0 Å². The third kappa shape index (κ3) is 2.54. The molecule has 0 radical (unpaired) electrons. The molecule has 0 spiro atoms. The maximum atomic E-state index is 11.2. The van der Waals surface area contributed by atoms with Gasteiger partial charge >= 0.3 is 0 Å². The van der Waals surface area contributed by atoms with E-state index in [1.54, 1.807) is 0 Å². The van der Waals surface area contributed by atoms with Gasteiger partial charge in [0.05, 0.1) is 6.61 Å². The molecule has 2 amide bonds. The van der Waals surface area contributed by atoms with Crippen molar-refractivity contribution in [2.75, 3.05) is 13.7 Å². The summed E-state index contributed by atoms with van der Waals surface area (Å²) in [6.07, 6.45) is 1.69. The lowest BCUT2D eigenvalue weighted by molar-refractivity contribution is 0.0994. The molecule has 4 N–H and O–H groups in total. The zero-order valence-electron chi connectivity index (χ0n) is 8.90. The maximum absolute atomic E-state index is 11.2. The molecule has 0 saturated heterocycles. The normalized spacial score (nSPS) is 10.1. The van der Waals surface area contributed by atoms with E-state index in [2.05, 4.69) is 4.98 Å². The van der Waals surface area contributed by atoms with Crippen molar-refractivity contribution in [2.24, 2.45) is 11.5 Å². The number of amides is 2. The van der Waals surface area contributed by atoms with Gasteiger partial charge in [0, 0.05) is 18.9 Å². The Morgan fingerprint density at radius 1 is 1.38 bits per heavy atom. The van der Waals surface area contributed by atoms with Crippen LogP contribution in [0.2, 0.25) is 0 Å². The Balaban J connectivity index is 3.23. The monoisotopic (exact) mass is 223 g/mol. The van der Waals surface area contributed by atoms with E-state index in [1.165, 1.54) is 19.4 Å². The van der Waals surface area contributed by atoms with Gasteiger partial charge in [-0.3, -0.25) is 14.6 Å². The van der Waals surface area contributed by atoms with Gasteiger partial charge in [0.15, 0.2) is 0 Å². The van der Waals surface area contributed by atoms with Crippen LogP contribution in [0.15, 0.2) is 12.3 Å². The third-order valence-corrected chi connectivity index (χ3v) is 2.11. The van der Waals surface area contributed by atoms with E-state index in [-0.39, 0.29) is 11.3 Å². The number of carbonyl (C=O) groups is 2. The van der Waals surface area contributed by atoms with Gasteiger partial charge < -0.3 is 16.2 Å². The first-order valence-electron chi connectivity index (χ1n) is 4.64. The number of nitrogens with zero attached hydrogens (tertiary/aromatic N) is 1. The van der Waals surface area contributed by atoms with Crippen LogP contribution in [0.3, 0.4) is 0 Å². The van der Waals surface area contributed by atoms with Crippen LogP contribution in [0.4, 0.5) is 0 Å². The van der Waals surface area contributed by atoms with Crippen LogP contribution in [-0.2, 0) is 11.2 Å². The fourth-order valence-electron chi connectivity index (χ4n) is 1.39. The van der Waals surface area contributed by atoms with Crippen LogP contribution < -0.4 is 11.5 Å². The number of methoxy groups -OCH3 is 1. The van der Waals surface area contributed by atoms with Crippen LogP contribution in [0.5, 0.6) is 0 Å². The van der Waals surface area contributed by atoms with Crippen molar-refractivity contribution in [3.05, 3.63) is 29.1 Å². The number of primary amides is 2. The molecule has 0 aliphatic carbocycles. The second-order valence-corrected chi connectivity index (χ2v) is 3.16. The number of pyridine rings is 1. The Labute approximate surface area is 92.6 Å². The van der Waals surface area contributed by atoms with Crippen molar-refractivity contribution < 1.29 is 14.3 Å². The molecule has 0 aromatic carbocycles. The second kappa shape index (κ2) is 5.22. The molecule has 0 saturated carbocycles. The third-order valence-electron chi connectivity index (χ3n) is 2.11. The predicted octanol–water partition coefficient (Wildman–Crippen LogP) is -0.532. The first-order valence-corrected chi connectivity index (χ1v) is 4.64. The Bertz CT molecular complexity index is 386. The lowest BCUT2D eigenvalue weighted by Gasteiger charge is -2.09. The minimum Gasteiger partial charge on any atom is -0.384 e. The highest BCUT2D eigenvalue weighted by Crippen LogP contribution is 2.12.